The Balaban J connectivity index is 2.00. The number of carbonyl (C=O) groups is 3. The van der Waals surface area contributed by atoms with Gasteiger partial charge in [0.2, 0.25) is 6.41 Å². The Hall–Kier alpha value is -3.33. The van der Waals surface area contributed by atoms with Crippen LogP contribution < -0.4 is 16.1 Å². The van der Waals surface area contributed by atoms with Gasteiger partial charge in [0.15, 0.2) is 0 Å². The monoisotopic (exact) mass is 396 g/mol. The van der Waals surface area contributed by atoms with E-state index in [-0.39, 0.29) is 5.92 Å². The van der Waals surface area contributed by atoms with Gasteiger partial charge in [0, 0.05) is 29.8 Å². The molecule has 1 aliphatic rings. The molecule has 4 N–H and O–H groups in total. The number of carbonyl (C=O) groups excluding carboxylic acids is 3. The molecule has 8 heteroatoms. The molecular weight excluding hydrogens is 372 g/mol. The lowest BCUT2D eigenvalue weighted by atomic mass is 9.93. The van der Waals surface area contributed by atoms with Gasteiger partial charge >= 0.3 is 0 Å². The average molecular weight is 396 g/mol. The van der Waals surface area contributed by atoms with Crippen molar-refractivity contribution in [1.29, 1.82) is 0 Å². The van der Waals surface area contributed by atoms with Crippen molar-refractivity contribution in [3.05, 3.63) is 35.4 Å². The Kier molecular flexibility index (Phi) is 7.38. The third-order valence-electron chi connectivity index (χ3n) is 4.77. The lowest BCUT2D eigenvalue weighted by molar-refractivity contribution is -0.132. The van der Waals surface area contributed by atoms with Crippen molar-refractivity contribution in [3.8, 4) is 23.7 Å². The second kappa shape index (κ2) is 9.74. The topological polar surface area (TPSA) is 111 Å². The van der Waals surface area contributed by atoms with Crippen molar-refractivity contribution in [2.45, 2.75) is 25.4 Å². The zero-order valence-corrected chi connectivity index (χ0v) is 16.6. The van der Waals surface area contributed by atoms with Crippen molar-refractivity contribution in [2.75, 3.05) is 20.1 Å². The number of hydrogen-bond acceptors (Lipinski definition) is 5. The second-order valence-electron chi connectivity index (χ2n) is 7.21. The van der Waals surface area contributed by atoms with Crippen molar-refractivity contribution in [1.82, 2.24) is 21.0 Å². The third-order valence-corrected chi connectivity index (χ3v) is 4.77. The molecule has 29 heavy (non-hydrogen) atoms. The molecular formula is C21H24N4O4. The summed E-state index contributed by atoms with van der Waals surface area (Å²) >= 11 is 0. The van der Waals surface area contributed by atoms with Gasteiger partial charge in [-0.2, -0.15) is 0 Å². The highest BCUT2D eigenvalue weighted by atomic mass is 16.5. The number of likely N-dealkylation sites (tertiary alicyclic amines) is 1. The predicted molar refractivity (Wildman–Crippen MR) is 107 cm³/mol. The van der Waals surface area contributed by atoms with Crippen molar-refractivity contribution < 1.29 is 19.6 Å². The highest BCUT2D eigenvalue weighted by Crippen LogP contribution is 2.12. The van der Waals surface area contributed by atoms with Crippen molar-refractivity contribution in [3.63, 3.8) is 0 Å². The molecule has 0 bridgehead atoms. The summed E-state index contributed by atoms with van der Waals surface area (Å²) in [6, 6.07) is 5.58. The summed E-state index contributed by atoms with van der Waals surface area (Å²) < 4.78 is 0. The summed E-state index contributed by atoms with van der Waals surface area (Å²) in [5, 5.41) is 14.5. The van der Waals surface area contributed by atoms with Crippen LogP contribution in [-0.4, -0.2) is 60.0 Å². The van der Waals surface area contributed by atoms with E-state index in [0.29, 0.717) is 24.2 Å². The highest BCUT2D eigenvalue weighted by molar-refractivity contribution is 5.97. The molecule has 0 saturated carbocycles. The summed E-state index contributed by atoms with van der Waals surface area (Å²) in [6.45, 7) is 4.74. The van der Waals surface area contributed by atoms with E-state index in [4.69, 9.17) is 5.21 Å². The number of nitrogens with one attached hydrogen (secondary N) is 3. The third kappa shape index (κ3) is 5.82. The van der Waals surface area contributed by atoms with Crippen LogP contribution in [0.5, 0.6) is 0 Å². The smallest absolute Gasteiger partial charge is 0.267 e. The van der Waals surface area contributed by atoms with Gasteiger partial charge in [0.1, 0.15) is 6.04 Å². The van der Waals surface area contributed by atoms with Gasteiger partial charge in [-0.05, 0) is 57.0 Å². The van der Waals surface area contributed by atoms with Gasteiger partial charge in [-0.1, -0.05) is 11.8 Å². The normalized spacial score (nSPS) is 14.3. The number of rotatable bonds is 6. The first-order valence-corrected chi connectivity index (χ1v) is 9.05. The van der Waals surface area contributed by atoms with Crippen LogP contribution in [0.25, 0.3) is 0 Å². The lowest BCUT2D eigenvalue weighted by Crippen LogP contribution is -2.62. The van der Waals surface area contributed by atoms with Crippen LogP contribution in [0, 0.1) is 29.6 Å². The number of likely N-dealkylation sites (N-methyl/N-ethyl adjacent to an activating group) is 1. The number of benzene rings is 1. The van der Waals surface area contributed by atoms with E-state index < -0.39 is 23.4 Å². The van der Waals surface area contributed by atoms with E-state index in [0.717, 1.165) is 6.41 Å². The molecule has 152 valence electrons. The van der Waals surface area contributed by atoms with Gasteiger partial charge in [0.25, 0.3) is 11.8 Å². The van der Waals surface area contributed by atoms with Gasteiger partial charge in [-0.3, -0.25) is 19.6 Å². The minimum Gasteiger partial charge on any atom is -0.343 e. The minimum atomic E-state index is -0.985. The summed E-state index contributed by atoms with van der Waals surface area (Å²) in [5.74, 6) is 10.4. The van der Waals surface area contributed by atoms with Crippen LogP contribution in [0.4, 0.5) is 0 Å². The van der Waals surface area contributed by atoms with E-state index in [1.807, 2.05) is 0 Å². The fourth-order valence-corrected chi connectivity index (χ4v) is 2.63. The molecule has 1 atom stereocenters. The van der Waals surface area contributed by atoms with Crippen LogP contribution in [0.1, 0.15) is 29.8 Å². The Morgan fingerprint density at radius 3 is 2.45 bits per heavy atom. The number of amides is 3. The van der Waals surface area contributed by atoms with Gasteiger partial charge in [0.05, 0.1) is 5.92 Å². The molecule has 0 radical (unpaired) electrons. The molecule has 1 aromatic carbocycles. The van der Waals surface area contributed by atoms with Crippen LogP contribution in [0.3, 0.4) is 0 Å². The van der Waals surface area contributed by atoms with E-state index in [1.165, 1.54) is 0 Å². The number of hydroxylamine groups is 1. The molecule has 1 heterocycles. The highest BCUT2D eigenvalue weighted by Gasteiger charge is 2.35. The quantitative estimate of drug-likeness (QED) is 0.229. The summed E-state index contributed by atoms with van der Waals surface area (Å²) in [5.41, 5.74) is 1.84. The van der Waals surface area contributed by atoms with E-state index in [2.05, 4.69) is 34.3 Å². The fourth-order valence-electron chi connectivity index (χ4n) is 2.63. The fraction of sp³-hybridized carbons (Fsp3) is 0.381. The van der Waals surface area contributed by atoms with Crippen molar-refractivity contribution in [2.24, 2.45) is 5.92 Å². The zero-order chi connectivity index (χ0) is 21.4. The van der Waals surface area contributed by atoms with Gasteiger partial charge in [-0.15, -0.1) is 0 Å². The van der Waals surface area contributed by atoms with E-state index >= 15 is 0 Å². The van der Waals surface area contributed by atoms with Crippen molar-refractivity contribution >= 4 is 18.2 Å². The van der Waals surface area contributed by atoms with E-state index in [9.17, 15) is 14.4 Å². The Morgan fingerprint density at radius 2 is 1.90 bits per heavy atom. The van der Waals surface area contributed by atoms with Gasteiger partial charge < -0.3 is 15.5 Å². The molecule has 1 aliphatic heterocycles. The molecule has 2 rings (SSSR count). The summed E-state index contributed by atoms with van der Waals surface area (Å²) in [7, 11) is 1.66. The standard InChI is InChI=1S/C21H24N4O4/c1-21(2,22-3)18(20(28)24-29)23-19(27)17-10-8-15(9-11-17)6-4-5-7-16-12-25(13-16)14-26/h8-11,14,16,18,22,29H,12-13H2,1-3H3,(H,23,27)(H,24,28)/t18-/m1/s1. The first-order valence-electron chi connectivity index (χ1n) is 9.05. The van der Waals surface area contributed by atoms with E-state index in [1.54, 1.807) is 55.5 Å². The molecule has 1 fully saturated rings. The molecule has 0 aliphatic carbocycles. The molecule has 0 aromatic heterocycles. The minimum absolute atomic E-state index is 0.173. The second-order valence-corrected chi connectivity index (χ2v) is 7.21. The molecule has 0 spiro atoms. The van der Waals surface area contributed by atoms with Crippen LogP contribution >= 0.6 is 0 Å². The first-order chi connectivity index (χ1) is 13.8. The first kappa shape index (κ1) is 22.0. The van der Waals surface area contributed by atoms with Crippen LogP contribution in [0.15, 0.2) is 24.3 Å². The SMILES string of the molecule is CNC(C)(C)[C@H](NC(=O)c1ccc(C#CC#CC2CN(C=O)C2)cc1)C(=O)NO. The molecule has 0 unspecified atom stereocenters. The molecule has 3 amide bonds. The average Bonchev–Trinajstić information content (AvgIpc) is 2.70. The zero-order valence-electron chi connectivity index (χ0n) is 16.6. The Morgan fingerprint density at radius 1 is 1.24 bits per heavy atom. The van der Waals surface area contributed by atoms with Gasteiger partial charge in [-0.25, -0.2) is 5.48 Å². The largest absolute Gasteiger partial charge is 0.343 e. The Bertz CT molecular complexity index is 881. The van der Waals surface area contributed by atoms with Crippen LogP contribution in [-0.2, 0) is 9.59 Å². The predicted octanol–water partition coefficient (Wildman–Crippen LogP) is -0.268. The summed E-state index contributed by atoms with van der Waals surface area (Å²) in [4.78, 5) is 36.5. The lowest BCUT2D eigenvalue weighted by Gasteiger charge is -2.32. The molecule has 1 saturated heterocycles. The summed E-state index contributed by atoms with van der Waals surface area (Å²) in [6.07, 6.45) is 0.805. The molecule has 8 nitrogen and oxygen atoms in total. The number of nitrogens with zero attached hydrogens (tertiary/aromatic N) is 1. The molecule has 1 aromatic rings. The maximum absolute atomic E-state index is 12.5. The van der Waals surface area contributed by atoms with Crippen LogP contribution in [0.2, 0.25) is 0 Å². The Labute approximate surface area is 170 Å². The number of hydrogen-bond donors (Lipinski definition) is 4. The maximum atomic E-state index is 12.5. The maximum Gasteiger partial charge on any atom is 0.267 e.